The van der Waals surface area contributed by atoms with Crippen molar-refractivity contribution in [3.8, 4) is 22.5 Å². The number of nitrogens with two attached hydrogens (primary N) is 3. The minimum Gasteiger partial charge on any atom is -0.478 e. The summed E-state index contributed by atoms with van der Waals surface area (Å²) < 4.78 is 2.02. The maximum Gasteiger partial charge on any atom is 0.337 e. The van der Waals surface area contributed by atoms with Crippen molar-refractivity contribution in [2.75, 3.05) is 0 Å². The molecule has 3 aromatic heterocycles. The van der Waals surface area contributed by atoms with Crippen LogP contribution in [0.4, 0.5) is 0 Å². The van der Waals surface area contributed by atoms with Crippen LogP contribution in [0.2, 0.25) is 0 Å². The van der Waals surface area contributed by atoms with Crippen molar-refractivity contribution in [2.45, 2.75) is 64.0 Å². The van der Waals surface area contributed by atoms with Gasteiger partial charge in [-0.05, 0) is 74.7 Å². The van der Waals surface area contributed by atoms with E-state index in [-0.39, 0.29) is 39.5 Å². The van der Waals surface area contributed by atoms with E-state index in [1.165, 1.54) is 19.9 Å². The molecule has 1 fully saturated rings. The summed E-state index contributed by atoms with van der Waals surface area (Å²) in [6.07, 6.45) is 6.07. The molecule has 14 nitrogen and oxygen atoms in total. The Bertz CT molecular complexity index is 2560. The summed E-state index contributed by atoms with van der Waals surface area (Å²) in [5.74, 6) is -5.06. The summed E-state index contributed by atoms with van der Waals surface area (Å²) in [5, 5.41) is 14.8. The Morgan fingerprint density at radius 3 is 2.19 bits per heavy atom. The number of carbonyl (C=O) groups excluding carboxylic acids is 4. The Balaban J connectivity index is 1.56. The van der Waals surface area contributed by atoms with Crippen LogP contribution in [-0.4, -0.2) is 60.3 Å². The Hall–Kier alpha value is -6.70. The normalized spacial score (nSPS) is 14.6. The molecule has 3 heterocycles. The molecule has 8 N–H and O–H groups in total. The predicted molar refractivity (Wildman–Crippen MR) is 203 cm³/mol. The van der Waals surface area contributed by atoms with Gasteiger partial charge in [0.25, 0.3) is 5.91 Å². The highest BCUT2D eigenvalue weighted by Crippen LogP contribution is 2.46. The van der Waals surface area contributed by atoms with Crippen molar-refractivity contribution in [1.82, 2.24) is 24.8 Å². The minimum atomic E-state index is -1.42. The fourth-order valence-corrected chi connectivity index (χ4v) is 7.54. The van der Waals surface area contributed by atoms with Gasteiger partial charge >= 0.3 is 5.97 Å². The van der Waals surface area contributed by atoms with E-state index in [2.05, 4.69) is 15.3 Å². The molecule has 6 aromatic rings. The van der Waals surface area contributed by atoms with Crippen LogP contribution in [0.25, 0.3) is 55.4 Å². The predicted octanol–water partition coefficient (Wildman–Crippen LogP) is 4.96. The molecule has 2 unspecified atom stereocenters. The quantitative estimate of drug-likeness (QED) is 0.128. The number of primary amides is 3. The summed E-state index contributed by atoms with van der Waals surface area (Å²) in [5.41, 5.74) is 20.0. The third-order valence-electron chi connectivity index (χ3n) is 10.3. The van der Waals surface area contributed by atoms with E-state index >= 15 is 0 Å². The topological polar surface area (TPSA) is 239 Å². The highest BCUT2D eigenvalue weighted by molar-refractivity contribution is 6.18. The maximum atomic E-state index is 13.5. The van der Waals surface area contributed by atoms with Gasteiger partial charge in [-0.3, -0.25) is 24.2 Å². The lowest BCUT2D eigenvalue weighted by Crippen LogP contribution is -2.42. The van der Waals surface area contributed by atoms with Gasteiger partial charge in [-0.1, -0.05) is 37.5 Å². The molecule has 2 atom stereocenters. The Morgan fingerprint density at radius 1 is 0.815 bits per heavy atom. The van der Waals surface area contributed by atoms with Crippen molar-refractivity contribution < 1.29 is 29.1 Å². The number of fused-ring (bicyclic) bond motifs is 3. The summed E-state index contributed by atoms with van der Waals surface area (Å²) in [4.78, 5) is 78.3. The molecule has 0 saturated heterocycles. The number of hydrogen-bond donors (Lipinski definition) is 5. The van der Waals surface area contributed by atoms with Crippen molar-refractivity contribution in [2.24, 2.45) is 17.2 Å². The molecule has 1 saturated carbocycles. The number of carboxylic acids is 1. The second-order valence-corrected chi connectivity index (χ2v) is 13.7. The second kappa shape index (κ2) is 14.0. The van der Waals surface area contributed by atoms with Crippen LogP contribution >= 0.6 is 0 Å². The number of nitrogens with one attached hydrogen (secondary N) is 1. The number of pyridine rings is 2. The number of carboxylic acid groups (broad SMARTS) is 1. The SMILES string of the molecule is CC(NC(=O)c1ccc2cc(-c3nc4c(-c5ccc6ncccc6c5)c(C(=O)O)c(C(N)=O)c(C(C)C(N)=O)c4n3C3CCCCC3)ccc2n1)C(N)=O. The lowest BCUT2D eigenvalue weighted by atomic mass is 9.84. The lowest BCUT2D eigenvalue weighted by Gasteiger charge is -2.28. The van der Waals surface area contributed by atoms with E-state index in [1.54, 1.807) is 48.7 Å². The first kappa shape index (κ1) is 35.7. The van der Waals surface area contributed by atoms with E-state index in [0.717, 1.165) is 37.5 Å². The van der Waals surface area contributed by atoms with Gasteiger partial charge in [-0.2, -0.15) is 0 Å². The monoisotopic (exact) mass is 726 g/mol. The average Bonchev–Trinajstić information content (AvgIpc) is 3.56. The number of imidazole rings is 1. The van der Waals surface area contributed by atoms with Crippen LogP contribution in [0.15, 0.2) is 66.9 Å². The zero-order valence-electron chi connectivity index (χ0n) is 29.6. The number of hydrogen-bond acceptors (Lipinski definition) is 8. The van der Waals surface area contributed by atoms with E-state index in [1.807, 2.05) is 16.7 Å². The van der Waals surface area contributed by atoms with Crippen LogP contribution in [0.1, 0.15) is 94.7 Å². The fraction of sp³-hybridized carbons (Fsp3) is 0.250. The van der Waals surface area contributed by atoms with Crippen LogP contribution in [0.5, 0.6) is 0 Å². The first-order valence-corrected chi connectivity index (χ1v) is 17.7. The Labute approximate surface area is 308 Å². The zero-order valence-corrected chi connectivity index (χ0v) is 29.6. The number of aromatic carboxylic acids is 1. The van der Waals surface area contributed by atoms with Crippen molar-refractivity contribution in [3.63, 3.8) is 0 Å². The average molecular weight is 727 g/mol. The number of carbonyl (C=O) groups is 5. The molecule has 1 aliphatic carbocycles. The molecule has 7 rings (SSSR count). The molecule has 3 aromatic carbocycles. The Kier molecular flexibility index (Phi) is 9.27. The van der Waals surface area contributed by atoms with Crippen LogP contribution in [-0.2, 0) is 9.59 Å². The molecular formula is C40H38N8O6. The number of amides is 4. The van der Waals surface area contributed by atoms with Crippen LogP contribution in [0.3, 0.4) is 0 Å². The summed E-state index contributed by atoms with van der Waals surface area (Å²) in [7, 11) is 0. The van der Waals surface area contributed by atoms with Gasteiger partial charge in [-0.25, -0.2) is 14.8 Å². The van der Waals surface area contributed by atoms with E-state index in [9.17, 15) is 29.1 Å². The third kappa shape index (κ3) is 6.25. The standard InChI is InChI=1S/C40H38N8O6/c1-19(35(41)49)29-31(37(43)51)32(40(53)54)30(23-11-13-26-21(17-23)7-6-16-44-26)33-34(29)48(25-8-4-3-5-9-25)38(47-33)24-12-14-27-22(18-24)10-15-28(46-27)39(52)45-20(2)36(42)50/h6-7,10-20,25H,3-5,8-9H2,1-2H3,(H2,41,49)(H2,42,50)(H2,43,51)(H,45,52)(H,53,54). The molecule has 0 aliphatic heterocycles. The van der Waals surface area contributed by atoms with Gasteiger partial charge in [0.1, 0.15) is 17.6 Å². The minimum absolute atomic E-state index is 0.0956. The molecule has 0 radical (unpaired) electrons. The van der Waals surface area contributed by atoms with Crippen LogP contribution in [0, 0.1) is 0 Å². The molecule has 0 bridgehead atoms. The highest BCUT2D eigenvalue weighted by atomic mass is 16.4. The van der Waals surface area contributed by atoms with E-state index in [0.29, 0.717) is 38.9 Å². The number of aromatic nitrogens is 4. The first-order chi connectivity index (χ1) is 25.8. The van der Waals surface area contributed by atoms with Crippen molar-refractivity contribution in [1.29, 1.82) is 0 Å². The molecule has 0 spiro atoms. The molecule has 54 heavy (non-hydrogen) atoms. The lowest BCUT2D eigenvalue weighted by molar-refractivity contribution is -0.120. The summed E-state index contributed by atoms with van der Waals surface area (Å²) in [6.45, 7) is 3.02. The number of rotatable bonds is 10. The van der Waals surface area contributed by atoms with Gasteiger partial charge in [0, 0.05) is 39.7 Å². The summed E-state index contributed by atoms with van der Waals surface area (Å²) >= 11 is 0. The van der Waals surface area contributed by atoms with Crippen molar-refractivity contribution >= 4 is 62.4 Å². The smallest absolute Gasteiger partial charge is 0.337 e. The van der Waals surface area contributed by atoms with Gasteiger partial charge in [0.05, 0.1) is 39.1 Å². The molecular weight excluding hydrogens is 688 g/mol. The number of nitrogens with zero attached hydrogens (tertiary/aromatic N) is 4. The third-order valence-corrected chi connectivity index (χ3v) is 10.3. The van der Waals surface area contributed by atoms with Gasteiger partial charge in [0.2, 0.25) is 17.7 Å². The van der Waals surface area contributed by atoms with Gasteiger partial charge in [0.15, 0.2) is 0 Å². The Morgan fingerprint density at radius 2 is 1.50 bits per heavy atom. The summed E-state index contributed by atoms with van der Waals surface area (Å²) in [6, 6.07) is 16.6. The van der Waals surface area contributed by atoms with E-state index < -0.39 is 41.6 Å². The molecule has 4 amide bonds. The largest absolute Gasteiger partial charge is 0.478 e. The maximum absolute atomic E-state index is 13.5. The van der Waals surface area contributed by atoms with Crippen LogP contribution < -0.4 is 22.5 Å². The van der Waals surface area contributed by atoms with Gasteiger partial charge in [-0.15, -0.1) is 0 Å². The zero-order chi connectivity index (χ0) is 38.4. The van der Waals surface area contributed by atoms with Gasteiger partial charge < -0.3 is 32.2 Å². The fourth-order valence-electron chi connectivity index (χ4n) is 7.54. The number of benzene rings is 3. The first-order valence-electron chi connectivity index (χ1n) is 17.7. The molecule has 14 heteroatoms. The molecule has 1 aliphatic rings. The van der Waals surface area contributed by atoms with E-state index in [4.69, 9.17) is 22.2 Å². The highest BCUT2D eigenvalue weighted by Gasteiger charge is 2.36. The second-order valence-electron chi connectivity index (χ2n) is 13.7. The molecule has 274 valence electrons. The van der Waals surface area contributed by atoms with Crippen molar-refractivity contribution in [3.05, 3.63) is 89.2 Å².